The van der Waals surface area contributed by atoms with E-state index in [0.717, 1.165) is 32.5 Å². The van der Waals surface area contributed by atoms with Crippen LogP contribution < -0.4 is 5.32 Å². The number of hydrogen-bond donors (Lipinski definition) is 2. The van der Waals surface area contributed by atoms with Crippen molar-refractivity contribution in [2.45, 2.75) is 37.6 Å². The van der Waals surface area contributed by atoms with Crippen LogP contribution >= 0.6 is 0 Å². The van der Waals surface area contributed by atoms with Gasteiger partial charge in [-0.05, 0) is 12.8 Å². The lowest BCUT2D eigenvalue weighted by Gasteiger charge is -2.49. The predicted molar refractivity (Wildman–Crippen MR) is 57.9 cm³/mol. The zero-order valence-corrected chi connectivity index (χ0v) is 9.17. The van der Waals surface area contributed by atoms with Crippen LogP contribution in [0.3, 0.4) is 0 Å². The molecule has 1 heterocycles. The summed E-state index contributed by atoms with van der Waals surface area (Å²) < 4.78 is 0. The van der Waals surface area contributed by atoms with Crippen LogP contribution in [0.4, 0.5) is 0 Å². The maximum Gasteiger partial charge on any atom is 0.317 e. The highest BCUT2D eigenvalue weighted by molar-refractivity contribution is 5.69. The molecule has 15 heavy (non-hydrogen) atoms. The summed E-state index contributed by atoms with van der Waals surface area (Å²) in [6.45, 7) is 2.99. The van der Waals surface area contributed by atoms with Gasteiger partial charge in [-0.2, -0.15) is 0 Å². The summed E-state index contributed by atoms with van der Waals surface area (Å²) in [4.78, 5) is 13.0. The highest BCUT2D eigenvalue weighted by Crippen LogP contribution is 2.34. The molecule has 1 aliphatic heterocycles. The minimum absolute atomic E-state index is 0.148. The first-order valence-corrected chi connectivity index (χ1v) is 5.91. The molecule has 0 bridgehead atoms. The molecular weight excluding hydrogens is 192 g/mol. The van der Waals surface area contributed by atoms with Gasteiger partial charge in [0, 0.05) is 25.2 Å². The number of aliphatic carboxylic acids is 1. The van der Waals surface area contributed by atoms with Crippen molar-refractivity contribution in [1.82, 2.24) is 10.2 Å². The molecule has 0 radical (unpaired) electrons. The van der Waals surface area contributed by atoms with E-state index in [1.54, 1.807) is 0 Å². The molecule has 0 aromatic heterocycles. The van der Waals surface area contributed by atoms with Gasteiger partial charge < -0.3 is 10.4 Å². The van der Waals surface area contributed by atoms with Crippen LogP contribution in [0.15, 0.2) is 0 Å². The Morgan fingerprint density at radius 1 is 1.33 bits per heavy atom. The van der Waals surface area contributed by atoms with E-state index < -0.39 is 5.97 Å². The molecule has 0 aromatic carbocycles. The van der Waals surface area contributed by atoms with E-state index in [2.05, 4.69) is 10.2 Å². The number of carbonyl (C=O) groups is 1. The van der Waals surface area contributed by atoms with E-state index in [-0.39, 0.29) is 12.1 Å². The molecular formula is C11H20N2O2. The molecule has 1 saturated heterocycles. The first kappa shape index (κ1) is 10.9. The first-order valence-electron chi connectivity index (χ1n) is 5.91. The van der Waals surface area contributed by atoms with E-state index in [4.69, 9.17) is 5.11 Å². The third-order valence-corrected chi connectivity index (χ3v) is 3.79. The lowest BCUT2D eigenvalue weighted by molar-refractivity contribution is -0.141. The lowest BCUT2D eigenvalue weighted by atomic mass is 9.79. The Balaban J connectivity index is 2.06. The van der Waals surface area contributed by atoms with Crippen LogP contribution in [-0.4, -0.2) is 47.7 Å². The SMILES string of the molecule is O=C(O)CN1CCNCC12CCCCC2. The van der Waals surface area contributed by atoms with Crippen molar-refractivity contribution in [2.75, 3.05) is 26.2 Å². The van der Waals surface area contributed by atoms with Crippen molar-refractivity contribution in [3.8, 4) is 0 Å². The molecule has 0 aromatic rings. The fourth-order valence-corrected chi connectivity index (χ4v) is 3.00. The van der Waals surface area contributed by atoms with Gasteiger partial charge in [-0.1, -0.05) is 19.3 Å². The van der Waals surface area contributed by atoms with Crippen molar-refractivity contribution < 1.29 is 9.90 Å². The third kappa shape index (κ3) is 2.32. The second-order valence-corrected chi connectivity index (χ2v) is 4.78. The van der Waals surface area contributed by atoms with Crippen molar-refractivity contribution in [1.29, 1.82) is 0 Å². The van der Waals surface area contributed by atoms with Gasteiger partial charge in [-0.25, -0.2) is 0 Å². The average Bonchev–Trinajstić information content (AvgIpc) is 2.23. The lowest BCUT2D eigenvalue weighted by Crippen LogP contribution is -2.62. The van der Waals surface area contributed by atoms with Crippen LogP contribution in [0.5, 0.6) is 0 Å². The van der Waals surface area contributed by atoms with Crippen LogP contribution in [0.1, 0.15) is 32.1 Å². The largest absolute Gasteiger partial charge is 0.480 e. The number of carboxylic acids is 1. The zero-order chi connectivity index (χ0) is 10.7. The van der Waals surface area contributed by atoms with Crippen molar-refractivity contribution in [3.63, 3.8) is 0 Å². The van der Waals surface area contributed by atoms with Crippen molar-refractivity contribution in [3.05, 3.63) is 0 Å². The molecule has 1 spiro atoms. The van der Waals surface area contributed by atoms with Gasteiger partial charge in [-0.3, -0.25) is 9.69 Å². The number of hydrogen-bond acceptors (Lipinski definition) is 3. The van der Waals surface area contributed by atoms with E-state index in [1.807, 2.05) is 0 Å². The maximum atomic E-state index is 10.8. The summed E-state index contributed by atoms with van der Waals surface area (Å²) in [6.07, 6.45) is 6.12. The fourth-order valence-electron chi connectivity index (χ4n) is 3.00. The third-order valence-electron chi connectivity index (χ3n) is 3.79. The topological polar surface area (TPSA) is 52.6 Å². The molecule has 2 rings (SSSR count). The highest BCUT2D eigenvalue weighted by atomic mass is 16.4. The summed E-state index contributed by atoms with van der Waals surface area (Å²) in [6, 6.07) is 0. The second-order valence-electron chi connectivity index (χ2n) is 4.78. The molecule has 2 fully saturated rings. The summed E-state index contributed by atoms with van der Waals surface area (Å²) >= 11 is 0. The highest BCUT2D eigenvalue weighted by Gasteiger charge is 2.40. The second kappa shape index (κ2) is 4.49. The Morgan fingerprint density at radius 2 is 2.07 bits per heavy atom. The number of nitrogens with one attached hydrogen (secondary N) is 1. The Hall–Kier alpha value is -0.610. The van der Waals surface area contributed by atoms with Gasteiger partial charge >= 0.3 is 5.97 Å². The molecule has 2 aliphatic rings. The molecule has 0 atom stereocenters. The predicted octanol–water partition coefficient (Wildman–Crippen LogP) is 0.679. The molecule has 0 amide bonds. The normalized spacial score (nSPS) is 26.7. The van der Waals surface area contributed by atoms with E-state index in [0.29, 0.717) is 0 Å². The Bertz CT molecular complexity index is 228. The number of nitrogens with zero attached hydrogens (tertiary/aromatic N) is 1. The van der Waals surface area contributed by atoms with E-state index >= 15 is 0 Å². The summed E-state index contributed by atoms with van der Waals surface area (Å²) in [5.41, 5.74) is 0.148. The van der Waals surface area contributed by atoms with Crippen LogP contribution in [-0.2, 0) is 4.79 Å². The van der Waals surface area contributed by atoms with Gasteiger partial charge in [0.15, 0.2) is 0 Å². The van der Waals surface area contributed by atoms with Crippen molar-refractivity contribution in [2.24, 2.45) is 0 Å². The molecule has 86 valence electrons. The summed E-state index contributed by atoms with van der Waals surface area (Å²) in [5.74, 6) is -0.693. The smallest absolute Gasteiger partial charge is 0.317 e. The molecule has 1 saturated carbocycles. The van der Waals surface area contributed by atoms with E-state index in [9.17, 15) is 4.79 Å². The van der Waals surface area contributed by atoms with Gasteiger partial charge in [0.25, 0.3) is 0 Å². The standard InChI is InChI=1S/C11H20N2O2/c14-10(15)8-13-7-6-12-9-11(13)4-2-1-3-5-11/h12H,1-9H2,(H,14,15). The summed E-state index contributed by atoms with van der Waals surface area (Å²) in [7, 11) is 0. The molecule has 4 nitrogen and oxygen atoms in total. The minimum atomic E-state index is -0.693. The summed E-state index contributed by atoms with van der Waals surface area (Å²) in [5, 5.41) is 12.3. The molecule has 1 aliphatic carbocycles. The fraction of sp³-hybridized carbons (Fsp3) is 0.909. The van der Waals surface area contributed by atoms with Crippen molar-refractivity contribution >= 4 is 5.97 Å². The number of piperazine rings is 1. The molecule has 0 unspecified atom stereocenters. The van der Waals surface area contributed by atoms with Gasteiger partial charge in [0.2, 0.25) is 0 Å². The van der Waals surface area contributed by atoms with E-state index in [1.165, 1.54) is 19.3 Å². The molecule has 2 N–H and O–H groups in total. The quantitative estimate of drug-likeness (QED) is 0.706. The Kier molecular flexibility index (Phi) is 3.26. The van der Waals surface area contributed by atoms with Gasteiger partial charge in [0.05, 0.1) is 6.54 Å². The van der Waals surface area contributed by atoms with Gasteiger partial charge in [-0.15, -0.1) is 0 Å². The van der Waals surface area contributed by atoms with Gasteiger partial charge in [0.1, 0.15) is 0 Å². The zero-order valence-electron chi connectivity index (χ0n) is 9.17. The van der Waals surface area contributed by atoms with Crippen LogP contribution in [0, 0.1) is 0 Å². The average molecular weight is 212 g/mol. The first-order chi connectivity index (χ1) is 7.23. The minimum Gasteiger partial charge on any atom is -0.480 e. The Labute approximate surface area is 90.6 Å². The number of rotatable bonds is 2. The molecule has 4 heteroatoms. The number of carboxylic acid groups (broad SMARTS) is 1. The Morgan fingerprint density at radius 3 is 2.73 bits per heavy atom. The monoisotopic (exact) mass is 212 g/mol. The van der Waals surface area contributed by atoms with Crippen LogP contribution in [0.25, 0.3) is 0 Å². The maximum absolute atomic E-state index is 10.8. The van der Waals surface area contributed by atoms with Crippen LogP contribution in [0.2, 0.25) is 0 Å².